The van der Waals surface area contributed by atoms with Crippen LogP contribution in [-0.2, 0) is 6.54 Å². The van der Waals surface area contributed by atoms with E-state index in [1.54, 1.807) is 0 Å². The van der Waals surface area contributed by atoms with Gasteiger partial charge in [0, 0.05) is 23.7 Å². The molecule has 3 rings (SSSR count). The van der Waals surface area contributed by atoms with Crippen molar-refractivity contribution in [2.75, 3.05) is 11.9 Å². The van der Waals surface area contributed by atoms with Crippen molar-refractivity contribution in [2.24, 2.45) is 0 Å². The van der Waals surface area contributed by atoms with Gasteiger partial charge in [-0.25, -0.2) is 9.97 Å². The summed E-state index contributed by atoms with van der Waals surface area (Å²) in [5.41, 5.74) is 2.06. The van der Waals surface area contributed by atoms with E-state index in [1.807, 2.05) is 36.0 Å². The van der Waals surface area contributed by atoms with Crippen molar-refractivity contribution < 1.29 is 0 Å². The Balaban J connectivity index is 1.94. The summed E-state index contributed by atoms with van der Waals surface area (Å²) in [6.45, 7) is 5.46. The smallest absolute Gasteiger partial charge is 0.152 e. The number of benzene rings is 1. The van der Waals surface area contributed by atoms with Crippen LogP contribution in [-0.4, -0.2) is 26.3 Å². The maximum Gasteiger partial charge on any atom is 0.152 e. The maximum absolute atomic E-state index is 4.52. The summed E-state index contributed by atoms with van der Waals surface area (Å²) in [5, 5.41) is 8.77. The average molecular weight is 267 g/mol. The van der Waals surface area contributed by atoms with Gasteiger partial charge in [0.2, 0.25) is 0 Å². The van der Waals surface area contributed by atoms with Gasteiger partial charge < -0.3 is 5.32 Å². The first-order chi connectivity index (χ1) is 9.76. The number of anilines is 1. The third kappa shape index (κ3) is 2.47. The van der Waals surface area contributed by atoms with Crippen LogP contribution in [0.3, 0.4) is 0 Å². The Bertz CT molecular complexity index is 732. The Kier molecular flexibility index (Phi) is 3.33. The molecule has 2 aromatic heterocycles. The van der Waals surface area contributed by atoms with E-state index in [9.17, 15) is 0 Å². The van der Waals surface area contributed by atoms with E-state index < -0.39 is 0 Å². The average Bonchev–Trinajstić information content (AvgIpc) is 2.82. The van der Waals surface area contributed by atoms with Crippen molar-refractivity contribution in [2.45, 2.75) is 20.4 Å². The molecule has 3 aromatic rings. The van der Waals surface area contributed by atoms with E-state index in [-0.39, 0.29) is 0 Å². The first kappa shape index (κ1) is 12.6. The lowest BCUT2D eigenvalue weighted by atomic mass is 10.2. The lowest BCUT2D eigenvalue weighted by Gasteiger charge is -2.07. The Hall–Kier alpha value is -2.43. The Morgan fingerprint density at radius 1 is 1.20 bits per heavy atom. The van der Waals surface area contributed by atoms with Gasteiger partial charge in [0.1, 0.15) is 12.4 Å². The number of hydrogen-bond donors (Lipinski definition) is 1. The van der Waals surface area contributed by atoms with Gasteiger partial charge in [-0.15, -0.1) is 0 Å². The van der Waals surface area contributed by atoms with Crippen LogP contribution in [0, 0.1) is 6.92 Å². The number of nitrogens with one attached hydrogen (secondary N) is 1. The second kappa shape index (κ2) is 5.28. The van der Waals surface area contributed by atoms with E-state index in [0.29, 0.717) is 6.54 Å². The van der Waals surface area contributed by atoms with Crippen LogP contribution in [0.4, 0.5) is 5.82 Å². The summed E-state index contributed by atoms with van der Waals surface area (Å²) in [7, 11) is 0. The molecule has 0 aliphatic carbocycles. The second-order valence-electron chi connectivity index (χ2n) is 4.70. The third-order valence-electron chi connectivity index (χ3n) is 3.10. The topological polar surface area (TPSA) is 55.6 Å². The number of hydrogen-bond acceptors (Lipinski definition) is 4. The van der Waals surface area contributed by atoms with Crippen molar-refractivity contribution in [3.05, 3.63) is 48.0 Å². The van der Waals surface area contributed by atoms with Crippen molar-refractivity contribution in [1.82, 2.24) is 19.7 Å². The van der Waals surface area contributed by atoms with Crippen LogP contribution < -0.4 is 5.32 Å². The fourth-order valence-electron chi connectivity index (χ4n) is 2.26. The SMILES string of the molecule is CCNc1cc(C)nc(Cn2ncc3ccccc32)n1. The van der Waals surface area contributed by atoms with E-state index in [1.165, 1.54) is 0 Å². The molecule has 0 saturated carbocycles. The third-order valence-corrected chi connectivity index (χ3v) is 3.10. The van der Waals surface area contributed by atoms with Crippen molar-refractivity contribution in [3.8, 4) is 0 Å². The summed E-state index contributed by atoms with van der Waals surface area (Å²) in [4.78, 5) is 9.01. The zero-order valence-corrected chi connectivity index (χ0v) is 11.7. The summed E-state index contributed by atoms with van der Waals surface area (Å²) >= 11 is 0. The summed E-state index contributed by atoms with van der Waals surface area (Å²) in [6.07, 6.45) is 1.87. The Morgan fingerprint density at radius 2 is 2.05 bits per heavy atom. The second-order valence-corrected chi connectivity index (χ2v) is 4.70. The van der Waals surface area contributed by atoms with Gasteiger partial charge in [-0.05, 0) is 19.9 Å². The van der Waals surface area contributed by atoms with Gasteiger partial charge in [-0.1, -0.05) is 18.2 Å². The molecule has 0 aliphatic heterocycles. The van der Waals surface area contributed by atoms with E-state index in [2.05, 4.69) is 39.4 Å². The number of fused-ring (bicyclic) bond motifs is 1. The molecule has 1 N–H and O–H groups in total. The van der Waals surface area contributed by atoms with Gasteiger partial charge in [-0.3, -0.25) is 4.68 Å². The number of nitrogens with zero attached hydrogens (tertiary/aromatic N) is 4. The minimum Gasteiger partial charge on any atom is -0.370 e. The van der Waals surface area contributed by atoms with Gasteiger partial charge in [0.05, 0.1) is 11.7 Å². The van der Waals surface area contributed by atoms with Gasteiger partial charge in [-0.2, -0.15) is 5.10 Å². The molecule has 0 fully saturated rings. The largest absolute Gasteiger partial charge is 0.370 e. The Labute approximate surface area is 117 Å². The Morgan fingerprint density at radius 3 is 2.90 bits per heavy atom. The van der Waals surface area contributed by atoms with Crippen LogP contribution in [0.15, 0.2) is 36.5 Å². The summed E-state index contributed by atoms with van der Waals surface area (Å²) in [5.74, 6) is 1.64. The fourth-order valence-corrected chi connectivity index (χ4v) is 2.26. The molecule has 0 unspecified atom stereocenters. The first-order valence-electron chi connectivity index (χ1n) is 6.75. The van der Waals surface area contributed by atoms with Crippen LogP contribution in [0.5, 0.6) is 0 Å². The molecular formula is C15H17N5. The molecule has 1 aromatic carbocycles. The van der Waals surface area contributed by atoms with E-state index >= 15 is 0 Å². The molecule has 0 amide bonds. The molecule has 20 heavy (non-hydrogen) atoms. The van der Waals surface area contributed by atoms with E-state index in [0.717, 1.165) is 34.8 Å². The van der Waals surface area contributed by atoms with E-state index in [4.69, 9.17) is 0 Å². The molecule has 5 nitrogen and oxygen atoms in total. The van der Waals surface area contributed by atoms with Gasteiger partial charge in [0.15, 0.2) is 5.82 Å². The molecule has 5 heteroatoms. The van der Waals surface area contributed by atoms with Gasteiger partial charge >= 0.3 is 0 Å². The van der Waals surface area contributed by atoms with Crippen LogP contribution in [0.1, 0.15) is 18.4 Å². The summed E-state index contributed by atoms with van der Waals surface area (Å²) in [6, 6.07) is 10.1. The van der Waals surface area contributed by atoms with Crippen LogP contribution >= 0.6 is 0 Å². The quantitative estimate of drug-likeness (QED) is 0.789. The monoisotopic (exact) mass is 267 g/mol. The minimum absolute atomic E-state index is 0.577. The van der Waals surface area contributed by atoms with Crippen LogP contribution in [0.2, 0.25) is 0 Å². The first-order valence-corrected chi connectivity index (χ1v) is 6.75. The van der Waals surface area contributed by atoms with Crippen molar-refractivity contribution in [1.29, 1.82) is 0 Å². The molecule has 0 saturated heterocycles. The van der Waals surface area contributed by atoms with Crippen LogP contribution in [0.25, 0.3) is 10.9 Å². The normalized spacial score (nSPS) is 10.9. The standard InChI is InChI=1S/C15H17N5/c1-3-16-14-8-11(2)18-15(19-14)10-20-13-7-5-4-6-12(13)9-17-20/h4-9H,3,10H2,1-2H3,(H,16,18,19). The highest BCUT2D eigenvalue weighted by Gasteiger charge is 2.06. The molecule has 0 spiro atoms. The minimum atomic E-state index is 0.577. The molecule has 0 atom stereocenters. The lowest BCUT2D eigenvalue weighted by Crippen LogP contribution is -2.09. The highest BCUT2D eigenvalue weighted by molar-refractivity contribution is 5.78. The highest BCUT2D eigenvalue weighted by atomic mass is 15.3. The lowest BCUT2D eigenvalue weighted by molar-refractivity contribution is 0.675. The fraction of sp³-hybridized carbons (Fsp3) is 0.267. The number of para-hydroxylation sites is 1. The molecule has 2 heterocycles. The van der Waals surface area contributed by atoms with Gasteiger partial charge in [0.25, 0.3) is 0 Å². The maximum atomic E-state index is 4.52. The predicted octanol–water partition coefficient (Wildman–Crippen LogP) is 2.61. The molecule has 0 aliphatic rings. The summed E-state index contributed by atoms with van der Waals surface area (Å²) < 4.78 is 1.93. The van der Waals surface area contributed by atoms with Crippen molar-refractivity contribution >= 4 is 16.7 Å². The highest BCUT2D eigenvalue weighted by Crippen LogP contribution is 2.14. The van der Waals surface area contributed by atoms with Crippen molar-refractivity contribution in [3.63, 3.8) is 0 Å². The predicted molar refractivity (Wildman–Crippen MR) is 79.8 cm³/mol. The molecular weight excluding hydrogens is 250 g/mol. The molecule has 0 bridgehead atoms. The number of aryl methyl sites for hydroxylation is 1. The number of rotatable bonds is 4. The molecule has 102 valence electrons. The molecule has 0 radical (unpaired) electrons. The zero-order chi connectivity index (χ0) is 13.9. The zero-order valence-electron chi connectivity index (χ0n) is 11.7. The number of aromatic nitrogens is 4.